The predicted octanol–water partition coefficient (Wildman–Crippen LogP) is 2.03. The van der Waals surface area contributed by atoms with Gasteiger partial charge in [-0.3, -0.25) is 9.78 Å². The summed E-state index contributed by atoms with van der Waals surface area (Å²) in [6.45, 7) is 2.59. The van der Waals surface area contributed by atoms with Crippen LogP contribution in [0.2, 0.25) is 0 Å². The maximum absolute atomic E-state index is 11.2. The molecule has 0 radical (unpaired) electrons. The monoisotopic (exact) mass is 248 g/mol. The van der Waals surface area contributed by atoms with Gasteiger partial charge in [0.1, 0.15) is 5.69 Å². The fourth-order valence-corrected chi connectivity index (χ4v) is 2.23. The zero-order valence-electron chi connectivity index (χ0n) is 10.8. The van der Waals surface area contributed by atoms with E-state index in [0.29, 0.717) is 11.7 Å². The van der Waals surface area contributed by atoms with Crippen LogP contribution in [-0.2, 0) is 0 Å². The van der Waals surface area contributed by atoms with Crippen LogP contribution in [0, 0.1) is 0 Å². The number of carbonyl (C=O) groups is 1. The van der Waals surface area contributed by atoms with Gasteiger partial charge in [0.15, 0.2) is 5.78 Å². The molecule has 0 atom stereocenters. The van der Waals surface area contributed by atoms with E-state index in [2.05, 4.69) is 9.88 Å². The Balaban J connectivity index is 2.11. The molecule has 0 aliphatic heterocycles. The molecule has 98 valence electrons. The molecule has 18 heavy (non-hydrogen) atoms. The summed E-state index contributed by atoms with van der Waals surface area (Å²) in [4.78, 5) is 17.7. The van der Waals surface area contributed by atoms with E-state index in [0.717, 1.165) is 18.7 Å². The number of nitrogens with zero attached hydrogens (tertiary/aromatic N) is 2. The number of aliphatic hydroxyl groups is 1. The summed E-state index contributed by atoms with van der Waals surface area (Å²) in [5.41, 5.74) is 1.56. The standard InChI is InChI=1S/C14H20N2O2/c1-11(18)14-7-6-13(10-15-14)16(8-3-9-17)12-4-2-5-12/h6-7,10,12,17H,2-5,8-9H2,1H3. The average molecular weight is 248 g/mol. The van der Waals surface area contributed by atoms with Crippen molar-refractivity contribution in [2.75, 3.05) is 18.1 Å². The zero-order chi connectivity index (χ0) is 13.0. The maximum atomic E-state index is 11.2. The molecule has 0 bridgehead atoms. The lowest BCUT2D eigenvalue weighted by molar-refractivity contribution is 0.101. The Morgan fingerprint density at radius 1 is 1.50 bits per heavy atom. The molecule has 0 spiro atoms. The number of aromatic nitrogens is 1. The van der Waals surface area contributed by atoms with Crippen molar-refractivity contribution in [2.24, 2.45) is 0 Å². The molecule has 0 amide bonds. The van der Waals surface area contributed by atoms with Crippen LogP contribution < -0.4 is 4.90 Å². The number of aliphatic hydroxyl groups excluding tert-OH is 1. The van der Waals surface area contributed by atoms with E-state index in [4.69, 9.17) is 5.11 Å². The first kappa shape index (κ1) is 13.0. The molecule has 1 aliphatic rings. The second-order valence-corrected chi connectivity index (χ2v) is 4.81. The summed E-state index contributed by atoms with van der Waals surface area (Å²) in [6, 6.07) is 4.31. The van der Waals surface area contributed by atoms with Crippen molar-refractivity contribution in [3.8, 4) is 0 Å². The normalized spacial score (nSPS) is 15.2. The quantitative estimate of drug-likeness (QED) is 0.783. The van der Waals surface area contributed by atoms with Crippen LogP contribution in [0.25, 0.3) is 0 Å². The third-order valence-corrected chi connectivity index (χ3v) is 3.51. The smallest absolute Gasteiger partial charge is 0.178 e. The van der Waals surface area contributed by atoms with Gasteiger partial charge in [0.25, 0.3) is 0 Å². The van der Waals surface area contributed by atoms with Gasteiger partial charge in [0.2, 0.25) is 0 Å². The third kappa shape index (κ3) is 2.88. The van der Waals surface area contributed by atoms with Gasteiger partial charge in [0, 0.05) is 26.1 Å². The van der Waals surface area contributed by atoms with Crippen LogP contribution in [0.4, 0.5) is 5.69 Å². The first-order chi connectivity index (χ1) is 8.72. The van der Waals surface area contributed by atoms with Gasteiger partial charge in [-0.25, -0.2) is 0 Å². The molecule has 1 N–H and O–H groups in total. The van der Waals surface area contributed by atoms with Gasteiger partial charge in [0.05, 0.1) is 11.9 Å². The molecule has 1 aromatic heterocycles. The van der Waals surface area contributed by atoms with E-state index in [1.807, 2.05) is 6.07 Å². The van der Waals surface area contributed by atoms with E-state index >= 15 is 0 Å². The van der Waals surface area contributed by atoms with Crippen molar-refractivity contribution in [1.29, 1.82) is 0 Å². The zero-order valence-corrected chi connectivity index (χ0v) is 10.8. The summed E-state index contributed by atoms with van der Waals surface area (Å²) in [5.74, 6) is -0.00731. The average Bonchev–Trinajstić information content (AvgIpc) is 2.32. The van der Waals surface area contributed by atoms with Crippen LogP contribution in [-0.4, -0.2) is 35.1 Å². The van der Waals surface area contributed by atoms with E-state index < -0.39 is 0 Å². The minimum absolute atomic E-state index is 0.00731. The van der Waals surface area contributed by atoms with Gasteiger partial charge in [-0.1, -0.05) is 0 Å². The highest BCUT2D eigenvalue weighted by molar-refractivity contribution is 5.92. The third-order valence-electron chi connectivity index (χ3n) is 3.51. The number of hydrogen-bond acceptors (Lipinski definition) is 4. The topological polar surface area (TPSA) is 53.4 Å². The van der Waals surface area contributed by atoms with Gasteiger partial charge >= 0.3 is 0 Å². The number of anilines is 1. The van der Waals surface area contributed by atoms with E-state index in [1.165, 1.54) is 26.2 Å². The van der Waals surface area contributed by atoms with E-state index in [1.54, 1.807) is 12.3 Å². The maximum Gasteiger partial charge on any atom is 0.178 e. The Kier molecular flexibility index (Phi) is 4.31. The highest BCUT2D eigenvalue weighted by Gasteiger charge is 2.25. The molecule has 0 saturated heterocycles. The predicted molar refractivity (Wildman–Crippen MR) is 70.9 cm³/mol. The molecular weight excluding hydrogens is 228 g/mol. The summed E-state index contributed by atoms with van der Waals surface area (Å²) in [7, 11) is 0. The first-order valence-corrected chi connectivity index (χ1v) is 6.57. The number of carbonyl (C=O) groups excluding carboxylic acids is 1. The second-order valence-electron chi connectivity index (χ2n) is 4.81. The summed E-state index contributed by atoms with van der Waals surface area (Å²) < 4.78 is 0. The van der Waals surface area contributed by atoms with Gasteiger partial charge in [-0.15, -0.1) is 0 Å². The second kappa shape index (κ2) is 5.96. The molecule has 1 saturated carbocycles. The minimum Gasteiger partial charge on any atom is -0.396 e. The highest BCUT2D eigenvalue weighted by Crippen LogP contribution is 2.29. The van der Waals surface area contributed by atoms with E-state index in [-0.39, 0.29) is 12.4 Å². The summed E-state index contributed by atoms with van der Waals surface area (Å²) in [6.07, 6.45) is 6.23. The largest absolute Gasteiger partial charge is 0.396 e. The Hall–Kier alpha value is -1.42. The number of rotatable bonds is 6. The molecule has 1 aromatic rings. The molecule has 1 aliphatic carbocycles. The number of ketones is 1. The van der Waals surface area contributed by atoms with Crippen molar-refractivity contribution in [1.82, 2.24) is 4.98 Å². The Bertz CT molecular complexity index is 399. The Labute approximate surface area is 108 Å². The van der Waals surface area contributed by atoms with Crippen molar-refractivity contribution >= 4 is 11.5 Å². The van der Waals surface area contributed by atoms with Gasteiger partial charge < -0.3 is 10.0 Å². The fourth-order valence-electron chi connectivity index (χ4n) is 2.23. The highest BCUT2D eigenvalue weighted by atomic mass is 16.3. The lowest BCUT2D eigenvalue weighted by Crippen LogP contribution is -2.41. The van der Waals surface area contributed by atoms with Crippen LogP contribution >= 0.6 is 0 Å². The van der Waals surface area contributed by atoms with Crippen LogP contribution in [0.3, 0.4) is 0 Å². The SMILES string of the molecule is CC(=O)c1ccc(N(CCCO)C2CCC2)cn1. The molecule has 0 unspecified atom stereocenters. The van der Waals surface area contributed by atoms with Crippen LogP contribution in [0.5, 0.6) is 0 Å². The van der Waals surface area contributed by atoms with Gasteiger partial charge in [-0.05, 0) is 37.8 Å². The Morgan fingerprint density at radius 2 is 2.28 bits per heavy atom. The van der Waals surface area contributed by atoms with Crippen LogP contribution in [0.1, 0.15) is 43.1 Å². The minimum atomic E-state index is -0.00731. The molecule has 4 nitrogen and oxygen atoms in total. The van der Waals surface area contributed by atoms with Crippen molar-refractivity contribution in [3.63, 3.8) is 0 Å². The first-order valence-electron chi connectivity index (χ1n) is 6.57. The van der Waals surface area contributed by atoms with Crippen molar-refractivity contribution < 1.29 is 9.90 Å². The fraction of sp³-hybridized carbons (Fsp3) is 0.571. The molecule has 0 aromatic carbocycles. The summed E-state index contributed by atoms with van der Waals surface area (Å²) in [5, 5.41) is 8.96. The van der Waals surface area contributed by atoms with E-state index in [9.17, 15) is 4.79 Å². The van der Waals surface area contributed by atoms with Gasteiger partial charge in [-0.2, -0.15) is 0 Å². The van der Waals surface area contributed by atoms with Crippen molar-refractivity contribution in [3.05, 3.63) is 24.0 Å². The lowest BCUT2D eigenvalue weighted by atomic mass is 9.91. The molecule has 1 fully saturated rings. The van der Waals surface area contributed by atoms with Crippen LogP contribution in [0.15, 0.2) is 18.3 Å². The molecular formula is C14H20N2O2. The number of Topliss-reactive ketones (excluding diaryl/α,β-unsaturated/α-hetero) is 1. The molecule has 4 heteroatoms. The lowest BCUT2D eigenvalue weighted by Gasteiger charge is -2.39. The molecule has 1 heterocycles. The van der Waals surface area contributed by atoms with Crippen molar-refractivity contribution in [2.45, 2.75) is 38.6 Å². The number of pyridine rings is 1. The number of hydrogen-bond donors (Lipinski definition) is 1. The summed E-state index contributed by atoms with van der Waals surface area (Å²) >= 11 is 0. The molecule has 2 rings (SSSR count). The Morgan fingerprint density at radius 3 is 2.72 bits per heavy atom.